The van der Waals surface area contributed by atoms with Crippen molar-refractivity contribution in [1.29, 1.82) is 5.26 Å². The van der Waals surface area contributed by atoms with Crippen molar-refractivity contribution in [3.63, 3.8) is 0 Å². The quantitative estimate of drug-likeness (QED) is 0.711. The number of nitriles is 1. The first-order valence-corrected chi connectivity index (χ1v) is 10.7. The van der Waals surface area contributed by atoms with Crippen molar-refractivity contribution in [2.24, 2.45) is 17.3 Å². The van der Waals surface area contributed by atoms with E-state index in [2.05, 4.69) is 25.1 Å². The highest BCUT2D eigenvalue weighted by atomic mass is 16.3. The van der Waals surface area contributed by atoms with Gasteiger partial charge in [-0.15, -0.1) is 0 Å². The minimum Gasteiger partial charge on any atom is -0.508 e. The molecule has 0 bridgehead atoms. The highest BCUT2D eigenvalue weighted by Crippen LogP contribution is 2.62. The zero-order valence-electron chi connectivity index (χ0n) is 16.8. The molecule has 3 nitrogen and oxygen atoms in total. The number of phenolic OH excluding ortho intramolecular Hbond substituents is 1. The number of phenols is 1. The van der Waals surface area contributed by atoms with Crippen molar-refractivity contribution in [2.75, 3.05) is 0 Å². The van der Waals surface area contributed by atoms with E-state index in [0.29, 0.717) is 29.1 Å². The molecule has 3 unspecified atom stereocenters. The van der Waals surface area contributed by atoms with Gasteiger partial charge in [-0.25, -0.2) is 0 Å². The summed E-state index contributed by atoms with van der Waals surface area (Å²) < 4.78 is 0. The summed E-state index contributed by atoms with van der Waals surface area (Å²) in [7, 11) is 0. The number of aliphatic hydroxyl groups is 1. The fraction of sp³-hybridized carbons (Fsp3) is 0.423. The smallest absolute Gasteiger partial charge is 0.115 e. The molecule has 2 aromatic rings. The topological polar surface area (TPSA) is 64.2 Å². The number of rotatable bonds is 1. The molecule has 2 saturated carbocycles. The van der Waals surface area contributed by atoms with Crippen LogP contribution < -0.4 is 0 Å². The molecule has 29 heavy (non-hydrogen) atoms. The van der Waals surface area contributed by atoms with Gasteiger partial charge < -0.3 is 10.2 Å². The van der Waals surface area contributed by atoms with Gasteiger partial charge in [-0.2, -0.15) is 5.26 Å². The van der Waals surface area contributed by atoms with Crippen molar-refractivity contribution < 1.29 is 10.2 Å². The first kappa shape index (κ1) is 18.5. The Bertz CT molecular complexity index is 1020. The molecule has 5 rings (SSSR count). The van der Waals surface area contributed by atoms with Gasteiger partial charge in [0, 0.05) is 5.41 Å². The molecular formula is C26H27NO2. The van der Waals surface area contributed by atoms with Gasteiger partial charge in [0.1, 0.15) is 5.75 Å². The number of hydrogen-bond donors (Lipinski definition) is 2. The van der Waals surface area contributed by atoms with E-state index < -0.39 is 6.10 Å². The van der Waals surface area contributed by atoms with E-state index in [9.17, 15) is 10.2 Å². The van der Waals surface area contributed by atoms with Crippen LogP contribution in [0, 0.1) is 28.6 Å². The van der Waals surface area contributed by atoms with Gasteiger partial charge in [0.25, 0.3) is 0 Å². The van der Waals surface area contributed by atoms with Crippen LogP contribution in [0.1, 0.15) is 60.8 Å². The largest absolute Gasteiger partial charge is 0.508 e. The number of aliphatic hydroxyl groups excluding tert-OH is 1. The van der Waals surface area contributed by atoms with Gasteiger partial charge in [0.2, 0.25) is 0 Å². The second kappa shape index (κ2) is 6.75. The average Bonchev–Trinajstić information content (AvgIpc) is 2.99. The summed E-state index contributed by atoms with van der Waals surface area (Å²) in [6, 6.07) is 15.7. The Hall–Kier alpha value is -2.57. The number of nitrogens with zero attached hydrogens (tertiary/aromatic N) is 1. The molecule has 3 heteroatoms. The molecular weight excluding hydrogens is 358 g/mol. The summed E-state index contributed by atoms with van der Waals surface area (Å²) in [6.45, 7) is 2.28. The summed E-state index contributed by atoms with van der Waals surface area (Å²) in [5, 5.41) is 30.1. The molecule has 0 amide bonds. The van der Waals surface area contributed by atoms with E-state index in [4.69, 9.17) is 5.26 Å². The summed E-state index contributed by atoms with van der Waals surface area (Å²) in [5.74, 6) is 1.99. The highest BCUT2D eigenvalue weighted by Gasteiger charge is 2.56. The predicted molar refractivity (Wildman–Crippen MR) is 113 cm³/mol. The van der Waals surface area contributed by atoms with E-state index in [0.717, 1.165) is 43.2 Å². The van der Waals surface area contributed by atoms with E-state index in [1.165, 1.54) is 11.1 Å². The molecule has 3 aliphatic carbocycles. The van der Waals surface area contributed by atoms with E-state index in [-0.39, 0.29) is 5.41 Å². The lowest BCUT2D eigenvalue weighted by atomic mass is 9.55. The average molecular weight is 386 g/mol. The fourth-order valence-electron chi connectivity index (χ4n) is 6.44. The minimum absolute atomic E-state index is 0.0615. The van der Waals surface area contributed by atoms with E-state index in [1.54, 1.807) is 0 Å². The maximum atomic E-state index is 11.3. The number of hydrogen-bond acceptors (Lipinski definition) is 3. The molecule has 0 radical (unpaired) electrons. The molecule has 2 aromatic carbocycles. The third-order valence-corrected chi connectivity index (χ3v) is 7.97. The molecule has 2 N–H and O–H groups in total. The zero-order valence-corrected chi connectivity index (χ0v) is 16.8. The second-order valence-electron chi connectivity index (χ2n) is 9.40. The second-order valence-corrected chi connectivity index (χ2v) is 9.40. The van der Waals surface area contributed by atoms with E-state index >= 15 is 0 Å². The van der Waals surface area contributed by atoms with Crippen LogP contribution in [0.3, 0.4) is 0 Å². The Balaban J connectivity index is 1.46. The van der Waals surface area contributed by atoms with Crippen molar-refractivity contribution in [3.05, 3.63) is 70.3 Å². The first-order chi connectivity index (χ1) is 14.0. The van der Waals surface area contributed by atoms with Crippen molar-refractivity contribution in [2.45, 2.75) is 51.0 Å². The SMILES string of the molecule is C[C@]12CCC3c4ccc(O)cc4CCC3C1C/C(=C\c1ccc(C#N)cc1)[C@@H]2O. The van der Waals surface area contributed by atoms with Crippen LogP contribution >= 0.6 is 0 Å². The molecule has 0 saturated heterocycles. The van der Waals surface area contributed by atoms with Gasteiger partial charge in [-0.05, 0) is 96.4 Å². The third-order valence-electron chi connectivity index (χ3n) is 7.97. The maximum absolute atomic E-state index is 11.3. The standard InChI is InChI=1S/C26H27NO2/c1-26-11-10-22-21-9-7-20(28)13-18(21)6-8-23(22)24(26)14-19(25(26)29)12-16-2-4-17(15-27)5-3-16/h2-5,7,9,12-13,22-25,28-29H,6,8,10-11,14H2,1H3/b19-12+/t22?,23?,24?,25-,26-/m0/s1. The molecule has 3 aliphatic rings. The summed E-state index contributed by atoms with van der Waals surface area (Å²) in [4.78, 5) is 0. The number of fused-ring (bicyclic) bond motifs is 5. The molecule has 0 heterocycles. The van der Waals surface area contributed by atoms with Crippen molar-refractivity contribution in [3.8, 4) is 11.8 Å². The lowest BCUT2D eigenvalue weighted by Gasteiger charge is -2.49. The van der Waals surface area contributed by atoms with E-state index in [1.807, 2.05) is 36.4 Å². The normalized spacial score (nSPS) is 34.2. The Morgan fingerprint density at radius 3 is 2.69 bits per heavy atom. The molecule has 0 aromatic heterocycles. The van der Waals surface area contributed by atoms with Crippen LogP contribution in [-0.4, -0.2) is 16.3 Å². The van der Waals surface area contributed by atoms with Gasteiger partial charge in [-0.3, -0.25) is 0 Å². The zero-order chi connectivity index (χ0) is 20.2. The minimum atomic E-state index is -0.398. The Morgan fingerprint density at radius 2 is 1.93 bits per heavy atom. The predicted octanol–water partition coefficient (Wildman–Crippen LogP) is 5.17. The van der Waals surface area contributed by atoms with Crippen LogP contribution in [0.25, 0.3) is 6.08 Å². The lowest BCUT2D eigenvalue weighted by molar-refractivity contribution is -0.0158. The van der Waals surface area contributed by atoms with Crippen LogP contribution in [0.15, 0.2) is 48.0 Å². The van der Waals surface area contributed by atoms with Crippen LogP contribution in [-0.2, 0) is 6.42 Å². The van der Waals surface area contributed by atoms with Crippen molar-refractivity contribution >= 4 is 6.08 Å². The molecule has 0 spiro atoms. The van der Waals surface area contributed by atoms with Gasteiger partial charge in [0.05, 0.1) is 17.7 Å². The number of aryl methyl sites for hydroxylation is 1. The van der Waals surface area contributed by atoms with Gasteiger partial charge in [0.15, 0.2) is 0 Å². The van der Waals surface area contributed by atoms with Crippen LogP contribution in [0.4, 0.5) is 0 Å². The monoisotopic (exact) mass is 385 g/mol. The Kier molecular flexibility index (Phi) is 4.29. The maximum Gasteiger partial charge on any atom is 0.115 e. The summed E-state index contributed by atoms with van der Waals surface area (Å²) in [5.41, 5.74) is 5.52. The molecule has 2 fully saturated rings. The summed E-state index contributed by atoms with van der Waals surface area (Å²) in [6.07, 6.45) is 6.98. The summed E-state index contributed by atoms with van der Waals surface area (Å²) >= 11 is 0. The number of aromatic hydroxyl groups is 1. The molecule has 0 aliphatic heterocycles. The van der Waals surface area contributed by atoms with Crippen molar-refractivity contribution in [1.82, 2.24) is 0 Å². The van der Waals surface area contributed by atoms with Gasteiger partial charge >= 0.3 is 0 Å². The number of benzene rings is 2. The third kappa shape index (κ3) is 2.90. The Labute approximate surface area is 172 Å². The van der Waals surface area contributed by atoms with Gasteiger partial charge in [-0.1, -0.05) is 31.2 Å². The molecule has 5 atom stereocenters. The lowest BCUT2D eigenvalue weighted by Crippen LogP contribution is -2.44. The molecule has 148 valence electrons. The highest BCUT2D eigenvalue weighted by molar-refractivity contribution is 5.57. The Morgan fingerprint density at radius 1 is 1.14 bits per heavy atom. The fourth-order valence-corrected chi connectivity index (χ4v) is 6.44. The first-order valence-electron chi connectivity index (χ1n) is 10.7. The van der Waals surface area contributed by atoms with Crippen LogP contribution in [0.5, 0.6) is 5.75 Å². The van der Waals surface area contributed by atoms with Crippen LogP contribution in [0.2, 0.25) is 0 Å².